The molecule has 0 aliphatic carbocycles. The Labute approximate surface area is 229 Å². The van der Waals surface area contributed by atoms with Crippen LogP contribution in [0.5, 0.6) is 0 Å². The first-order valence-electron chi connectivity index (χ1n) is 13.4. The van der Waals surface area contributed by atoms with Gasteiger partial charge < -0.3 is 9.80 Å². The largest absolute Gasteiger partial charge is 0.352 e. The highest BCUT2D eigenvalue weighted by Gasteiger charge is 2.43. The molecule has 5 aliphatic rings. The number of carbonyl (C=O) groups is 1. The summed E-state index contributed by atoms with van der Waals surface area (Å²) in [6.45, 7) is 8.23. The highest BCUT2D eigenvalue weighted by Crippen LogP contribution is 2.47. The van der Waals surface area contributed by atoms with Crippen LogP contribution in [0.25, 0.3) is 11.3 Å². The van der Waals surface area contributed by atoms with Gasteiger partial charge >= 0.3 is 0 Å². The number of carbonyl (C=O) groups excluding carboxylic acids is 1. The molecule has 2 bridgehead atoms. The average Bonchev–Trinajstić information content (AvgIpc) is 3.23. The number of aliphatic imine (C=N–C) groups is 1. The van der Waals surface area contributed by atoms with Crippen LogP contribution in [0.4, 0.5) is 11.5 Å². The lowest BCUT2D eigenvalue weighted by Gasteiger charge is -2.47. The number of rotatable bonds is 1. The minimum Gasteiger partial charge on any atom is -0.352 e. The molecule has 9 heteroatoms. The first kappa shape index (κ1) is 22.8. The summed E-state index contributed by atoms with van der Waals surface area (Å²) < 4.78 is 0. The summed E-state index contributed by atoms with van der Waals surface area (Å²) in [5, 5.41) is 0. The molecule has 8 rings (SSSR count). The van der Waals surface area contributed by atoms with Gasteiger partial charge in [0, 0.05) is 43.7 Å². The zero-order valence-electron chi connectivity index (χ0n) is 21.7. The van der Waals surface area contributed by atoms with E-state index in [2.05, 4.69) is 41.5 Å². The van der Waals surface area contributed by atoms with Gasteiger partial charge in [-0.1, -0.05) is 48.7 Å². The molecule has 1 unspecified atom stereocenters. The molecule has 1 aromatic carbocycles. The van der Waals surface area contributed by atoms with E-state index in [1.54, 1.807) is 0 Å². The number of fused-ring (bicyclic) bond motifs is 3. The van der Waals surface area contributed by atoms with Crippen LogP contribution in [0.2, 0.25) is 0 Å². The van der Waals surface area contributed by atoms with Crippen molar-refractivity contribution in [2.45, 2.75) is 31.7 Å². The summed E-state index contributed by atoms with van der Waals surface area (Å²) in [4.78, 5) is 34.1. The molecule has 4 radical (unpaired) electrons. The van der Waals surface area contributed by atoms with Gasteiger partial charge in [-0.25, -0.2) is 9.98 Å². The predicted octanol–water partition coefficient (Wildman–Crippen LogP) is 1.96. The van der Waals surface area contributed by atoms with Crippen LogP contribution in [0.1, 0.15) is 41.6 Å². The molecule has 2 fully saturated rings. The van der Waals surface area contributed by atoms with E-state index in [9.17, 15) is 4.79 Å². The first-order chi connectivity index (χ1) is 18.9. The van der Waals surface area contributed by atoms with Crippen LogP contribution in [0, 0.1) is 0 Å². The smallest absolute Gasteiger partial charge is 0.249 e. The van der Waals surface area contributed by atoms with Gasteiger partial charge in [-0.2, -0.15) is 0 Å². The van der Waals surface area contributed by atoms with Gasteiger partial charge in [0.2, 0.25) is 5.91 Å². The third-order valence-electron chi connectivity index (χ3n) is 8.65. The second-order valence-corrected chi connectivity index (χ2v) is 11.1. The van der Waals surface area contributed by atoms with E-state index >= 15 is 0 Å². The molecular formula is C30H24B2N6O. The van der Waals surface area contributed by atoms with Crippen LogP contribution in [-0.4, -0.2) is 72.9 Å². The van der Waals surface area contributed by atoms with Crippen molar-refractivity contribution in [3.05, 3.63) is 83.0 Å². The third kappa shape index (κ3) is 3.13. The Kier molecular flexibility index (Phi) is 4.65. The van der Waals surface area contributed by atoms with Gasteiger partial charge in [0.05, 0.1) is 28.7 Å². The fourth-order valence-electron chi connectivity index (χ4n) is 6.61. The average molecular weight is 506 g/mol. The van der Waals surface area contributed by atoms with E-state index in [0.717, 1.165) is 64.1 Å². The van der Waals surface area contributed by atoms with Crippen LogP contribution in [0.3, 0.4) is 0 Å². The summed E-state index contributed by atoms with van der Waals surface area (Å²) in [6, 6.07) is 10.2. The molecule has 7 heterocycles. The molecule has 2 aromatic heterocycles. The molecule has 2 saturated heterocycles. The third-order valence-corrected chi connectivity index (χ3v) is 8.65. The van der Waals surface area contributed by atoms with E-state index in [4.69, 9.17) is 30.7 Å². The standard InChI is InChI=1S/C30H24B2N6O/c1-15-7-9-37(30(15)39)19-13-36(14-19)28-20-12-22(32)26-24-17(4-3-5-21(24)31)11-18-6-8-33-25-16(2)10-23(34-28)38(27(18)25)29(20)35-26/h3-6,8,10,12,16,19H,1,7,9,11,13-14H2,2H3. The van der Waals surface area contributed by atoms with Gasteiger partial charge in [0.15, 0.2) is 5.82 Å². The van der Waals surface area contributed by atoms with Crippen molar-refractivity contribution in [2.24, 2.45) is 4.99 Å². The molecular weight excluding hydrogens is 482 g/mol. The minimum atomic E-state index is 0.0717. The molecule has 0 spiro atoms. The predicted molar refractivity (Wildman–Crippen MR) is 153 cm³/mol. The molecule has 7 nitrogen and oxygen atoms in total. The second-order valence-electron chi connectivity index (χ2n) is 11.1. The molecule has 0 saturated carbocycles. The van der Waals surface area contributed by atoms with Crippen molar-refractivity contribution in [3.63, 3.8) is 0 Å². The lowest BCUT2D eigenvalue weighted by molar-refractivity contribution is -0.128. The maximum atomic E-state index is 12.6. The van der Waals surface area contributed by atoms with Crippen molar-refractivity contribution in [3.8, 4) is 11.3 Å². The lowest BCUT2D eigenvalue weighted by atomic mass is 9.80. The number of pyridine rings is 2. The molecule has 186 valence electrons. The first-order valence-corrected chi connectivity index (χ1v) is 13.4. The Morgan fingerprint density at radius 3 is 2.74 bits per heavy atom. The zero-order valence-corrected chi connectivity index (χ0v) is 21.7. The van der Waals surface area contributed by atoms with E-state index in [0.29, 0.717) is 41.7 Å². The highest BCUT2D eigenvalue weighted by molar-refractivity contribution is 6.40. The zero-order chi connectivity index (χ0) is 26.6. The van der Waals surface area contributed by atoms with Gasteiger partial charge in [-0.15, -0.1) is 0 Å². The fraction of sp³-hybridized carbons (Fsp3) is 0.267. The highest BCUT2D eigenvalue weighted by atomic mass is 16.2. The van der Waals surface area contributed by atoms with E-state index < -0.39 is 0 Å². The van der Waals surface area contributed by atoms with Gasteiger partial charge in [-0.05, 0) is 35.3 Å². The number of hydrogen-bond acceptors (Lipinski definition) is 6. The van der Waals surface area contributed by atoms with E-state index in [-0.39, 0.29) is 17.9 Å². The van der Waals surface area contributed by atoms with Gasteiger partial charge in [0.25, 0.3) is 0 Å². The number of amidine groups is 1. The van der Waals surface area contributed by atoms with Crippen molar-refractivity contribution in [1.82, 2.24) is 19.8 Å². The molecule has 0 N–H and O–H groups in total. The molecule has 5 aliphatic heterocycles. The molecule has 39 heavy (non-hydrogen) atoms. The van der Waals surface area contributed by atoms with Crippen molar-refractivity contribution >= 4 is 49.9 Å². The fourth-order valence-corrected chi connectivity index (χ4v) is 6.61. The van der Waals surface area contributed by atoms with Crippen molar-refractivity contribution < 1.29 is 4.79 Å². The Balaban J connectivity index is 1.31. The number of anilines is 2. The summed E-state index contributed by atoms with van der Waals surface area (Å²) in [7, 11) is 13.3. The Bertz CT molecular complexity index is 1710. The van der Waals surface area contributed by atoms with Crippen LogP contribution in [-0.2, 0) is 11.2 Å². The monoisotopic (exact) mass is 506 g/mol. The number of hydrogen-bond donors (Lipinski definition) is 0. The summed E-state index contributed by atoms with van der Waals surface area (Å²) in [5.41, 5.74) is 8.61. The number of aromatic nitrogens is 2. The second kappa shape index (κ2) is 7.94. The molecule has 3 aromatic rings. The van der Waals surface area contributed by atoms with Gasteiger partial charge in [0.1, 0.15) is 27.3 Å². The Morgan fingerprint density at radius 1 is 1.10 bits per heavy atom. The lowest BCUT2D eigenvalue weighted by Crippen LogP contribution is -2.62. The normalized spacial score (nSPS) is 21.1. The summed E-state index contributed by atoms with van der Waals surface area (Å²) in [6.07, 6.45) is 5.46. The Morgan fingerprint density at radius 2 is 1.95 bits per heavy atom. The van der Waals surface area contributed by atoms with Crippen molar-refractivity contribution in [2.75, 3.05) is 24.5 Å². The number of likely N-dealkylation sites (tertiary alicyclic amines) is 2. The number of nitrogens with zero attached hydrogens (tertiary/aromatic N) is 6. The maximum Gasteiger partial charge on any atom is 0.249 e. The topological polar surface area (TPSA) is 64.9 Å². The number of benzene rings is 1. The van der Waals surface area contributed by atoms with Crippen LogP contribution < -0.4 is 15.8 Å². The van der Waals surface area contributed by atoms with Crippen molar-refractivity contribution in [1.29, 1.82) is 0 Å². The molecule has 1 atom stereocenters. The quantitative estimate of drug-likeness (QED) is 0.373. The maximum absolute atomic E-state index is 12.6. The summed E-state index contributed by atoms with van der Waals surface area (Å²) >= 11 is 0. The summed E-state index contributed by atoms with van der Waals surface area (Å²) in [5.74, 6) is 2.61. The van der Waals surface area contributed by atoms with Gasteiger partial charge in [-0.3, -0.25) is 14.7 Å². The van der Waals surface area contributed by atoms with E-state index in [1.165, 1.54) is 0 Å². The van der Waals surface area contributed by atoms with E-state index in [1.807, 2.05) is 29.3 Å². The number of amides is 1. The Hall–Kier alpha value is -4.13. The SMILES string of the molecule is [B]c1cc2c3nc1-c1c([B])cccc1Cc1ccnc4c1N3C(=CC4C)N=C2N1CC(N2CCC(=C)C2=O)C1. The van der Waals surface area contributed by atoms with Crippen LogP contribution in [0.15, 0.2) is 65.6 Å². The minimum absolute atomic E-state index is 0.0717. The molecule has 1 amide bonds. The van der Waals surface area contributed by atoms with Crippen LogP contribution >= 0.6 is 0 Å². The number of allylic oxidation sites excluding steroid dienone is 1.